The molecule has 0 atom stereocenters. The van der Waals surface area contributed by atoms with Gasteiger partial charge in [-0.15, -0.1) is 0 Å². The molecule has 2 aromatic rings. The Morgan fingerprint density at radius 1 is 1.43 bits per heavy atom. The van der Waals surface area contributed by atoms with Crippen LogP contribution in [0.3, 0.4) is 0 Å². The molecule has 0 bridgehead atoms. The Labute approximate surface area is 92.2 Å². The second-order valence-electron chi connectivity index (χ2n) is 3.41. The van der Waals surface area contributed by atoms with Crippen LogP contribution in [-0.2, 0) is 7.05 Å². The van der Waals surface area contributed by atoms with E-state index in [0.29, 0.717) is 0 Å². The highest BCUT2D eigenvalue weighted by Crippen LogP contribution is 2.26. The molecule has 0 saturated carbocycles. The van der Waals surface area contributed by atoms with Gasteiger partial charge in [-0.25, -0.2) is 0 Å². The lowest BCUT2D eigenvalue weighted by atomic mass is 10.1. The lowest BCUT2D eigenvalue weighted by Crippen LogP contribution is -1.82. The van der Waals surface area contributed by atoms with E-state index in [9.17, 15) is 0 Å². The third-order valence-electron chi connectivity index (χ3n) is 2.44. The molecular formula is C12H12BrN. The molecule has 72 valence electrons. The lowest BCUT2D eigenvalue weighted by Gasteiger charge is -1.97. The normalized spacial score (nSPS) is 10.7. The van der Waals surface area contributed by atoms with Crippen LogP contribution in [0.1, 0.15) is 5.56 Å². The molecule has 1 heterocycles. The van der Waals surface area contributed by atoms with Gasteiger partial charge in [0.2, 0.25) is 0 Å². The van der Waals surface area contributed by atoms with Gasteiger partial charge in [0, 0.05) is 35.0 Å². The fraction of sp³-hybridized carbons (Fsp3) is 0.167. The second-order valence-corrected chi connectivity index (χ2v) is 3.97. The molecule has 1 nitrogen and oxygen atoms in total. The van der Waals surface area contributed by atoms with Crippen LogP contribution >= 0.6 is 15.9 Å². The van der Waals surface area contributed by atoms with E-state index in [1.54, 1.807) is 0 Å². The standard InChI is InChI=1S/C12H12BrN/c1-9(7-13)11-8-14(2)12-6-4-3-5-10(11)12/h3-6,8H,1,7H2,2H3. The van der Waals surface area contributed by atoms with Gasteiger partial charge in [0.1, 0.15) is 0 Å². The fourth-order valence-corrected chi connectivity index (χ4v) is 2.00. The van der Waals surface area contributed by atoms with Crippen LogP contribution in [0, 0.1) is 0 Å². The molecule has 0 unspecified atom stereocenters. The molecule has 0 aliphatic rings. The van der Waals surface area contributed by atoms with Crippen molar-refractivity contribution < 1.29 is 0 Å². The van der Waals surface area contributed by atoms with Crippen molar-refractivity contribution in [3.05, 3.63) is 42.6 Å². The van der Waals surface area contributed by atoms with E-state index in [4.69, 9.17) is 0 Å². The summed E-state index contributed by atoms with van der Waals surface area (Å²) in [6.45, 7) is 4.05. The quantitative estimate of drug-likeness (QED) is 0.718. The number of benzene rings is 1. The first-order valence-corrected chi connectivity index (χ1v) is 5.64. The minimum atomic E-state index is 0.820. The van der Waals surface area contributed by atoms with E-state index in [1.165, 1.54) is 16.5 Å². The van der Waals surface area contributed by atoms with Crippen molar-refractivity contribution in [2.75, 3.05) is 5.33 Å². The van der Waals surface area contributed by atoms with Crippen molar-refractivity contribution in [3.63, 3.8) is 0 Å². The summed E-state index contributed by atoms with van der Waals surface area (Å²) in [5, 5.41) is 2.10. The summed E-state index contributed by atoms with van der Waals surface area (Å²) >= 11 is 3.44. The van der Waals surface area contributed by atoms with Crippen molar-refractivity contribution in [3.8, 4) is 0 Å². The van der Waals surface area contributed by atoms with E-state index >= 15 is 0 Å². The summed E-state index contributed by atoms with van der Waals surface area (Å²) in [6.07, 6.45) is 2.13. The van der Waals surface area contributed by atoms with E-state index in [2.05, 4.69) is 64.6 Å². The highest BCUT2D eigenvalue weighted by molar-refractivity contribution is 9.09. The molecule has 0 fully saturated rings. The molecule has 2 heteroatoms. The average molecular weight is 250 g/mol. The highest BCUT2D eigenvalue weighted by atomic mass is 79.9. The smallest absolute Gasteiger partial charge is 0.0484 e. The Morgan fingerprint density at radius 3 is 2.86 bits per heavy atom. The predicted molar refractivity (Wildman–Crippen MR) is 65.7 cm³/mol. The number of hydrogen-bond acceptors (Lipinski definition) is 0. The third kappa shape index (κ3) is 1.40. The van der Waals surface area contributed by atoms with Gasteiger partial charge in [0.25, 0.3) is 0 Å². The molecule has 14 heavy (non-hydrogen) atoms. The van der Waals surface area contributed by atoms with Crippen LogP contribution in [-0.4, -0.2) is 9.90 Å². The maximum Gasteiger partial charge on any atom is 0.0484 e. The van der Waals surface area contributed by atoms with Crippen molar-refractivity contribution in [2.24, 2.45) is 7.05 Å². The zero-order chi connectivity index (χ0) is 10.1. The van der Waals surface area contributed by atoms with Crippen LogP contribution in [0.4, 0.5) is 0 Å². The number of fused-ring (bicyclic) bond motifs is 1. The predicted octanol–water partition coefficient (Wildman–Crippen LogP) is 3.59. The van der Waals surface area contributed by atoms with Crippen molar-refractivity contribution in [1.82, 2.24) is 4.57 Å². The lowest BCUT2D eigenvalue weighted by molar-refractivity contribution is 0.967. The summed E-state index contributed by atoms with van der Waals surface area (Å²) in [5.74, 6) is 0. The zero-order valence-electron chi connectivity index (χ0n) is 8.13. The van der Waals surface area contributed by atoms with Crippen molar-refractivity contribution in [2.45, 2.75) is 0 Å². The largest absolute Gasteiger partial charge is 0.350 e. The van der Waals surface area contributed by atoms with Crippen LogP contribution < -0.4 is 0 Å². The summed E-state index contributed by atoms with van der Waals surface area (Å²) in [4.78, 5) is 0. The number of para-hydroxylation sites is 1. The Bertz CT molecular complexity index is 482. The molecule has 0 amide bonds. The minimum absolute atomic E-state index is 0.820. The monoisotopic (exact) mass is 249 g/mol. The molecule has 0 saturated heterocycles. The van der Waals surface area contributed by atoms with Gasteiger partial charge in [-0.05, 0) is 11.6 Å². The van der Waals surface area contributed by atoms with Gasteiger partial charge in [-0.2, -0.15) is 0 Å². The summed E-state index contributed by atoms with van der Waals surface area (Å²) in [7, 11) is 2.06. The summed E-state index contributed by atoms with van der Waals surface area (Å²) in [5.41, 5.74) is 3.62. The topological polar surface area (TPSA) is 4.93 Å². The first-order chi connectivity index (χ1) is 6.74. The zero-order valence-corrected chi connectivity index (χ0v) is 9.71. The highest BCUT2D eigenvalue weighted by Gasteiger charge is 2.07. The van der Waals surface area contributed by atoms with Gasteiger partial charge >= 0.3 is 0 Å². The molecule has 0 aliphatic heterocycles. The van der Waals surface area contributed by atoms with E-state index < -0.39 is 0 Å². The number of rotatable bonds is 2. The first-order valence-electron chi connectivity index (χ1n) is 4.52. The molecule has 0 spiro atoms. The molecular weight excluding hydrogens is 238 g/mol. The van der Waals surface area contributed by atoms with Crippen molar-refractivity contribution >= 4 is 32.4 Å². The Kier molecular flexibility index (Phi) is 2.46. The molecule has 0 radical (unpaired) electrons. The van der Waals surface area contributed by atoms with Gasteiger partial charge in [0.15, 0.2) is 0 Å². The third-order valence-corrected chi connectivity index (χ3v) is 3.12. The van der Waals surface area contributed by atoms with E-state index in [0.717, 1.165) is 10.9 Å². The molecule has 1 aromatic heterocycles. The van der Waals surface area contributed by atoms with Crippen LogP contribution in [0.2, 0.25) is 0 Å². The molecule has 1 aromatic carbocycles. The number of aryl methyl sites for hydroxylation is 1. The maximum atomic E-state index is 4.05. The number of nitrogens with zero attached hydrogens (tertiary/aromatic N) is 1. The Morgan fingerprint density at radius 2 is 2.14 bits per heavy atom. The number of allylic oxidation sites excluding steroid dienone is 1. The number of hydrogen-bond donors (Lipinski definition) is 0. The maximum absolute atomic E-state index is 4.05. The van der Waals surface area contributed by atoms with E-state index in [-0.39, 0.29) is 0 Å². The Balaban J connectivity index is 2.72. The van der Waals surface area contributed by atoms with Crippen LogP contribution in [0.15, 0.2) is 37.0 Å². The number of aromatic nitrogens is 1. The SMILES string of the molecule is C=C(CBr)c1cn(C)c2ccccc12. The average Bonchev–Trinajstić information content (AvgIpc) is 2.56. The summed E-state index contributed by atoms with van der Waals surface area (Å²) < 4.78 is 2.14. The molecule has 0 aliphatic carbocycles. The second kappa shape index (κ2) is 3.62. The summed E-state index contributed by atoms with van der Waals surface area (Å²) in [6, 6.07) is 8.38. The van der Waals surface area contributed by atoms with Crippen molar-refractivity contribution in [1.29, 1.82) is 0 Å². The van der Waals surface area contributed by atoms with Gasteiger partial charge in [0.05, 0.1) is 0 Å². The van der Waals surface area contributed by atoms with Gasteiger partial charge in [-0.3, -0.25) is 0 Å². The fourth-order valence-electron chi connectivity index (χ4n) is 1.70. The molecule has 2 rings (SSSR count). The minimum Gasteiger partial charge on any atom is -0.350 e. The van der Waals surface area contributed by atoms with Crippen LogP contribution in [0.5, 0.6) is 0 Å². The first kappa shape index (κ1) is 9.53. The van der Waals surface area contributed by atoms with Gasteiger partial charge in [-0.1, -0.05) is 40.7 Å². The number of halogens is 1. The number of alkyl halides is 1. The van der Waals surface area contributed by atoms with Crippen LogP contribution in [0.25, 0.3) is 16.5 Å². The Hall–Kier alpha value is -1.02. The molecule has 0 N–H and O–H groups in total. The van der Waals surface area contributed by atoms with Gasteiger partial charge < -0.3 is 4.57 Å². The van der Waals surface area contributed by atoms with E-state index in [1.807, 2.05) is 0 Å².